The van der Waals surface area contributed by atoms with Crippen LogP contribution in [0.2, 0.25) is 0 Å². The van der Waals surface area contributed by atoms with Gasteiger partial charge in [-0.2, -0.15) is 4.98 Å². The molecule has 1 N–H and O–H groups in total. The van der Waals surface area contributed by atoms with Gasteiger partial charge in [-0.05, 0) is 25.7 Å². The minimum atomic E-state index is -0.491. The number of carbonyl (C=O) groups excluding carboxylic acids is 2. The Morgan fingerprint density at radius 3 is 2.97 bits per heavy atom. The minimum Gasteiger partial charge on any atom is -0.450 e. The number of likely N-dealkylation sites (tertiary alicyclic amines) is 1. The summed E-state index contributed by atoms with van der Waals surface area (Å²) in [6, 6.07) is 9.76. The monoisotopic (exact) mass is 398 g/mol. The van der Waals surface area contributed by atoms with E-state index in [1.807, 2.05) is 35.2 Å². The lowest BCUT2D eigenvalue weighted by atomic mass is 9.80. The third kappa shape index (κ3) is 3.83. The van der Waals surface area contributed by atoms with Crippen molar-refractivity contribution in [1.29, 1.82) is 0 Å². The zero-order chi connectivity index (χ0) is 20.3. The topological polar surface area (TPSA) is 97.6 Å². The van der Waals surface area contributed by atoms with Crippen LogP contribution in [0.4, 0.5) is 4.79 Å². The fraction of sp³-hybridized carbons (Fsp3) is 0.524. The van der Waals surface area contributed by atoms with Crippen molar-refractivity contribution in [2.75, 3.05) is 26.2 Å². The number of benzene rings is 1. The fourth-order valence-corrected chi connectivity index (χ4v) is 4.57. The molecule has 1 aromatic carbocycles. The van der Waals surface area contributed by atoms with Gasteiger partial charge in [-0.1, -0.05) is 41.9 Å². The molecule has 2 fully saturated rings. The smallest absolute Gasteiger partial charge is 0.407 e. The molecular weight excluding hydrogens is 372 g/mol. The molecule has 2 amide bonds. The molecule has 4 rings (SSSR count). The molecule has 0 bridgehead atoms. The van der Waals surface area contributed by atoms with Crippen molar-refractivity contribution in [2.24, 2.45) is 5.92 Å². The Labute approximate surface area is 169 Å². The maximum absolute atomic E-state index is 12.7. The van der Waals surface area contributed by atoms with E-state index in [1.54, 1.807) is 6.92 Å². The highest BCUT2D eigenvalue weighted by molar-refractivity contribution is 5.78. The van der Waals surface area contributed by atoms with Crippen LogP contribution in [0.1, 0.15) is 38.5 Å². The van der Waals surface area contributed by atoms with Gasteiger partial charge in [0.25, 0.3) is 0 Å². The number of nitrogens with zero attached hydrogens (tertiary/aromatic N) is 3. The zero-order valence-corrected chi connectivity index (χ0v) is 16.6. The van der Waals surface area contributed by atoms with Crippen molar-refractivity contribution in [3.8, 4) is 11.4 Å². The number of hydrogen-bond donors (Lipinski definition) is 1. The maximum Gasteiger partial charge on any atom is 0.407 e. The summed E-state index contributed by atoms with van der Waals surface area (Å²) in [4.78, 5) is 30.6. The Bertz CT molecular complexity index is 869. The standard InChI is InChI=1S/C21H26N4O4/c1-2-28-20(27)22-12-10-17(26)25-13-16-9-6-11-21(16,14-25)19-23-18(24-29-19)15-7-4-3-5-8-15/h3-5,7-8,16H,2,6,9-14H2,1H3,(H,22,27)/t16-,21-/m1/s1. The third-order valence-electron chi connectivity index (χ3n) is 5.99. The summed E-state index contributed by atoms with van der Waals surface area (Å²) in [5.41, 5.74) is 0.661. The van der Waals surface area contributed by atoms with Crippen LogP contribution >= 0.6 is 0 Å². The molecule has 1 aromatic heterocycles. The maximum atomic E-state index is 12.7. The molecule has 2 heterocycles. The summed E-state index contributed by atoms with van der Waals surface area (Å²) in [6.45, 7) is 3.61. The Kier molecular flexibility index (Phi) is 5.51. The van der Waals surface area contributed by atoms with Gasteiger partial charge in [0.1, 0.15) is 0 Å². The van der Waals surface area contributed by atoms with Crippen molar-refractivity contribution >= 4 is 12.0 Å². The van der Waals surface area contributed by atoms with Gasteiger partial charge < -0.3 is 19.5 Å². The van der Waals surface area contributed by atoms with Crippen LogP contribution in [0.3, 0.4) is 0 Å². The predicted octanol–water partition coefficient (Wildman–Crippen LogP) is 2.75. The molecule has 1 aliphatic carbocycles. The SMILES string of the molecule is CCOC(=O)NCCC(=O)N1C[C@H]2CCC[C@@]2(c2nc(-c3ccccc3)no2)C1. The van der Waals surface area contributed by atoms with E-state index in [9.17, 15) is 9.59 Å². The van der Waals surface area contributed by atoms with E-state index in [2.05, 4.69) is 10.5 Å². The lowest BCUT2D eigenvalue weighted by Crippen LogP contribution is -2.36. The van der Waals surface area contributed by atoms with Gasteiger partial charge in [0.05, 0.1) is 12.0 Å². The number of ether oxygens (including phenoxy) is 1. The fourth-order valence-electron chi connectivity index (χ4n) is 4.57. The molecule has 29 heavy (non-hydrogen) atoms. The first kappa shape index (κ1) is 19.4. The molecule has 1 aliphatic heterocycles. The number of alkyl carbamates (subject to hydrolysis) is 1. The average molecular weight is 398 g/mol. The van der Waals surface area contributed by atoms with E-state index in [0.29, 0.717) is 37.3 Å². The number of aromatic nitrogens is 2. The van der Waals surface area contributed by atoms with Gasteiger partial charge in [-0.3, -0.25) is 4.79 Å². The van der Waals surface area contributed by atoms with Gasteiger partial charge >= 0.3 is 6.09 Å². The number of nitrogens with one attached hydrogen (secondary N) is 1. The van der Waals surface area contributed by atoms with Gasteiger partial charge in [0.2, 0.25) is 17.6 Å². The van der Waals surface area contributed by atoms with Gasteiger partial charge in [-0.25, -0.2) is 4.79 Å². The number of hydrogen-bond acceptors (Lipinski definition) is 6. The zero-order valence-electron chi connectivity index (χ0n) is 16.6. The second-order valence-electron chi connectivity index (χ2n) is 7.71. The van der Waals surface area contributed by atoms with Crippen molar-refractivity contribution in [2.45, 2.75) is 38.0 Å². The first-order chi connectivity index (χ1) is 14.1. The van der Waals surface area contributed by atoms with Crippen molar-refractivity contribution in [3.05, 3.63) is 36.2 Å². The highest BCUT2D eigenvalue weighted by Crippen LogP contribution is 2.50. The molecule has 8 heteroatoms. The molecule has 154 valence electrons. The molecule has 0 radical (unpaired) electrons. The molecule has 2 aromatic rings. The Balaban J connectivity index is 1.43. The highest BCUT2D eigenvalue weighted by Gasteiger charge is 2.55. The van der Waals surface area contributed by atoms with Gasteiger partial charge in [0.15, 0.2) is 0 Å². The Morgan fingerprint density at radius 2 is 2.17 bits per heavy atom. The van der Waals surface area contributed by atoms with Gasteiger partial charge in [0, 0.05) is 31.6 Å². The summed E-state index contributed by atoms with van der Waals surface area (Å²) in [5, 5.41) is 6.79. The summed E-state index contributed by atoms with van der Waals surface area (Å²) in [5.74, 6) is 1.58. The number of carbonyl (C=O) groups is 2. The summed E-state index contributed by atoms with van der Waals surface area (Å²) >= 11 is 0. The van der Waals surface area contributed by atoms with Crippen LogP contribution < -0.4 is 5.32 Å². The molecule has 1 saturated heterocycles. The number of amides is 2. The quantitative estimate of drug-likeness (QED) is 0.804. The second-order valence-corrected chi connectivity index (χ2v) is 7.71. The van der Waals surface area contributed by atoms with Crippen LogP contribution in [0.5, 0.6) is 0 Å². The van der Waals surface area contributed by atoms with E-state index in [1.165, 1.54) is 0 Å². The van der Waals surface area contributed by atoms with Crippen LogP contribution in [0.25, 0.3) is 11.4 Å². The van der Waals surface area contributed by atoms with Crippen LogP contribution in [-0.2, 0) is 14.9 Å². The van der Waals surface area contributed by atoms with Crippen molar-refractivity contribution in [3.63, 3.8) is 0 Å². The van der Waals surface area contributed by atoms with Crippen LogP contribution in [0.15, 0.2) is 34.9 Å². The van der Waals surface area contributed by atoms with E-state index >= 15 is 0 Å². The molecule has 1 saturated carbocycles. The lowest BCUT2D eigenvalue weighted by molar-refractivity contribution is -0.130. The van der Waals surface area contributed by atoms with Gasteiger partial charge in [-0.15, -0.1) is 0 Å². The number of rotatable bonds is 6. The van der Waals surface area contributed by atoms with E-state index in [4.69, 9.17) is 14.2 Å². The highest BCUT2D eigenvalue weighted by atomic mass is 16.5. The molecule has 8 nitrogen and oxygen atoms in total. The van der Waals surface area contributed by atoms with Crippen LogP contribution in [0, 0.1) is 5.92 Å². The van der Waals surface area contributed by atoms with Crippen LogP contribution in [-0.4, -0.2) is 53.3 Å². The van der Waals surface area contributed by atoms with Crippen molar-refractivity contribution < 1.29 is 18.8 Å². The lowest BCUT2D eigenvalue weighted by Gasteiger charge is -2.24. The number of fused-ring (bicyclic) bond motifs is 1. The molecule has 2 aliphatic rings. The van der Waals surface area contributed by atoms with E-state index < -0.39 is 6.09 Å². The summed E-state index contributed by atoms with van der Waals surface area (Å²) in [6.07, 6.45) is 2.85. The van der Waals surface area contributed by atoms with Crippen molar-refractivity contribution in [1.82, 2.24) is 20.4 Å². The normalized spacial score (nSPS) is 23.1. The second kappa shape index (κ2) is 8.23. The Hall–Kier alpha value is -2.90. The molecule has 2 atom stereocenters. The first-order valence-electron chi connectivity index (χ1n) is 10.2. The average Bonchev–Trinajstić information content (AvgIpc) is 3.43. The molecule has 0 spiro atoms. The Morgan fingerprint density at radius 1 is 1.34 bits per heavy atom. The third-order valence-corrected chi connectivity index (χ3v) is 5.99. The largest absolute Gasteiger partial charge is 0.450 e. The first-order valence-corrected chi connectivity index (χ1v) is 10.2. The summed E-state index contributed by atoms with van der Waals surface area (Å²) in [7, 11) is 0. The summed E-state index contributed by atoms with van der Waals surface area (Å²) < 4.78 is 10.5. The molecule has 0 unspecified atom stereocenters. The van der Waals surface area contributed by atoms with E-state index in [0.717, 1.165) is 24.8 Å². The van der Waals surface area contributed by atoms with E-state index in [-0.39, 0.29) is 24.3 Å². The molecular formula is C21H26N4O4. The minimum absolute atomic E-state index is 0.0263. The predicted molar refractivity (Wildman–Crippen MR) is 105 cm³/mol.